The first-order chi connectivity index (χ1) is 9.60. The lowest BCUT2D eigenvalue weighted by molar-refractivity contribution is 0.111. The van der Waals surface area contributed by atoms with E-state index in [0.717, 1.165) is 11.1 Å². The van der Waals surface area contributed by atoms with Gasteiger partial charge in [-0.15, -0.1) is 5.10 Å². The maximum absolute atomic E-state index is 12.8. The Morgan fingerprint density at radius 3 is 2.65 bits per heavy atom. The molecule has 0 bridgehead atoms. The largest absolute Gasteiger partial charge is 0.296 e. The summed E-state index contributed by atoms with van der Waals surface area (Å²) in [6.45, 7) is 6.17. The highest BCUT2D eigenvalue weighted by atomic mass is 19.1. The molecule has 0 N–H and O–H groups in total. The van der Waals surface area contributed by atoms with Crippen LogP contribution in [0.3, 0.4) is 0 Å². The van der Waals surface area contributed by atoms with Crippen molar-refractivity contribution in [2.75, 3.05) is 0 Å². The number of nitrogens with zero attached hydrogens (tertiary/aromatic N) is 3. The molecule has 0 aliphatic carbocycles. The third-order valence-electron chi connectivity index (χ3n) is 2.64. The predicted molar refractivity (Wildman–Crippen MR) is 75.6 cm³/mol. The van der Waals surface area contributed by atoms with Crippen LogP contribution in [0.15, 0.2) is 36.4 Å². The minimum Gasteiger partial charge on any atom is -0.296 e. The van der Waals surface area contributed by atoms with Crippen LogP contribution in [-0.4, -0.2) is 21.3 Å². The van der Waals surface area contributed by atoms with Gasteiger partial charge in [0, 0.05) is 0 Å². The normalized spacial score (nSPS) is 10.9. The lowest BCUT2D eigenvalue weighted by atomic mass is 10.2. The van der Waals surface area contributed by atoms with E-state index >= 15 is 0 Å². The van der Waals surface area contributed by atoms with Gasteiger partial charge >= 0.3 is 0 Å². The minimum atomic E-state index is -0.287. The van der Waals surface area contributed by atoms with Crippen LogP contribution >= 0.6 is 0 Å². The Kier molecular flexibility index (Phi) is 4.20. The quantitative estimate of drug-likeness (QED) is 0.620. The maximum atomic E-state index is 12.8. The van der Waals surface area contributed by atoms with Crippen molar-refractivity contribution in [1.29, 1.82) is 0 Å². The van der Waals surface area contributed by atoms with Gasteiger partial charge in [-0.1, -0.05) is 35.6 Å². The van der Waals surface area contributed by atoms with Crippen LogP contribution in [0.25, 0.3) is 12.2 Å². The summed E-state index contributed by atoms with van der Waals surface area (Å²) in [6, 6.07) is 6.06. The van der Waals surface area contributed by atoms with Crippen molar-refractivity contribution in [3.05, 3.63) is 59.2 Å². The van der Waals surface area contributed by atoms with E-state index in [9.17, 15) is 9.18 Å². The van der Waals surface area contributed by atoms with Gasteiger partial charge in [-0.05, 0) is 30.7 Å². The van der Waals surface area contributed by atoms with Crippen molar-refractivity contribution in [3.63, 3.8) is 0 Å². The number of benzene rings is 1. The van der Waals surface area contributed by atoms with Crippen molar-refractivity contribution < 1.29 is 9.18 Å². The van der Waals surface area contributed by atoms with E-state index in [-0.39, 0.29) is 11.5 Å². The topological polar surface area (TPSA) is 47.8 Å². The SMILES string of the molecule is C=C(C)Cn1nnc(C=O)c1/C=C/c1ccc(F)cc1. The number of carbonyl (C=O) groups excluding carboxylic acids is 1. The van der Waals surface area contributed by atoms with E-state index in [2.05, 4.69) is 16.9 Å². The third-order valence-corrected chi connectivity index (χ3v) is 2.64. The highest BCUT2D eigenvalue weighted by Crippen LogP contribution is 2.12. The first-order valence-electron chi connectivity index (χ1n) is 6.07. The third kappa shape index (κ3) is 3.26. The van der Waals surface area contributed by atoms with E-state index in [4.69, 9.17) is 0 Å². The average molecular weight is 271 g/mol. The van der Waals surface area contributed by atoms with Crippen LogP contribution in [-0.2, 0) is 6.54 Å². The van der Waals surface area contributed by atoms with Gasteiger partial charge in [-0.25, -0.2) is 9.07 Å². The lowest BCUT2D eigenvalue weighted by Gasteiger charge is -2.02. The summed E-state index contributed by atoms with van der Waals surface area (Å²) in [7, 11) is 0. The molecule has 2 rings (SSSR count). The van der Waals surface area contributed by atoms with Gasteiger partial charge in [-0.2, -0.15) is 0 Å². The Labute approximate surface area is 116 Å². The van der Waals surface area contributed by atoms with Crippen molar-refractivity contribution in [3.8, 4) is 0 Å². The molecule has 0 saturated carbocycles. The summed E-state index contributed by atoms with van der Waals surface area (Å²) in [5.74, 6) is -0.287. The van der Waals surface area contributed by atoms with Crippen molar-refractivity contribution in [1.82, 2.24) is 15.0 Å². The molecule has 0 fully saturated rings. The van der Waals surface area contributed by atoms with Gasteiger partial charge in [0.05, 0.1) is 12.2 Å². The lowest BCUT2D eigenvalue weighted by Crippen LogP contribution is -2.03. The summed E-state index contributed by atoms with van der Waals surface area (Å²) >= 11 is 0. The molecule has 5 heteroatoms. The van der Waals surface area contributed by atoms with Crippen molar-refractivity contribution in [2.24, 2.45) is 0 Å². The van der Waals surface area contributed by atoms with E-state index in [1.54, 1.807) is 29.0 Å². The zero-order valence-corrected chi connectivity index (χ0v) is 11.1. The van der Waals surface area contributed by atoms with Crippen molar-refractivity contribution in [2.45, 2.75) is 13.5 Å². The Hall–Kier alpha value is -2.56. The molecular formula is C15H14FN3O. The molecule has 4 nitrogen and oxygen atoms in total. The molecule has 0 radical (unpaired) electrons. The Morgan fingerprint density at radius 2 is 2.05 bits per heavy atom. The van der Waals surface area contributed by atoms with Gasteiger partial charge in [0.15, 0.2) is 12.0 Å². The second kappa shape index (κ2) is 6.06. The standard InChI is InChI=1S/C15H14FN3O/c1-11(2)9-19-15(14(10-20)17-18-19)8-5-12-3-6-13(16)7-4-12/h3-8,10H,1,9H2,2H3/b8-5+. The second-order valence-corrected chi connectivity index (χ2v) is 4.48. The zero-order valence-electron chi connectivity index (χ0n) is 11.1. The van der Waals surface area contributed by atoms with Gasteiger partial charge in [0.2, 0.25) is 0 Å². The Bertz CT molecular complexity index is 656. The molecule has 1 heterocycles. The fraction of sp³-hybridized carbons (Fsp3) is 0.133. The summed E-state index contributed by atoms with van der Waals surface area (Å²) < 4.78 is 14.4. The maximum Gasteiger partial charge on any atom is 0.172 e. The molecule has 20 heavy (non-hydrogen) atoms. The van der Waals surface area contributed by atoms with Gasteiger partial charge in [0.25, 0.3) is 0 Å². The van der Waals surface area contributed by atoms with Crippen LogP contribution in [0.4, 0.5) is 4.39 Å². The summed E-state index contributed by atoms with van der Waals surface area (Å²) in [5, 5.41) is 7.72. The molecule has 0 spiro atoms. The van der Waals surface area contributed by atoms with Gasteiger partial charge in [-0.3, -0.25) is 4.79 Å². The number of rotatable bonds is 5. The van der Waals surface area contributed by atoms with Crippen LogP contribution < -0.4 is 0 Å². The van der Waals surface area contributed by atoms with E-state index in [0.29, 0.717) is 18.5 Å². The van der Waals surface area contributed by atoms with E-state index < -0.39 is 0 Å². The number of allylic oxidation sites excluding steroid dienone is 1. The van der Waals surface area contributed by atoms with Crippen LogP contribution in [0.2, 0.25) is 0 Å². The fourth-order valence-corrected chi connectivity index (χ4v) is 1.71. The Morgan fingerprint density at radius 1 is 1.35 bits per heavy atom. The molecular weight excluding hydrogens is 257 g/mol. The molecule has 0 atom stereocenters. The summed E-state index contributed by atoms with van der Waals surface area (Å²) in [4.78, 5) is 11.0. The molecule has 0 unspecified atom stereocenters. The predicted octanol–water partition coefficient (Wildman–Crippen LogP) is 2.98. The molecule has 102 valence electrons. The highest BCUT2D eigenvalue weighted by molar-refractivity contribution is 5.81. The number of hydrogen-bond donors (Lipinski definition) is 0. The Balaban J connectivity index is 2.31. The monoisotopic (exact) mass is 271 g/mol. The molecule has 2 aromatic rings. The molecule has 0 aliphatic heterocycles. The van der Waals surface area contributed by atoms with Gasteiger partial charge in [0.1, 0.15) is 5.82 Å². The fourth-order valence-electron chi connectivity index (χ4n) is 1.71. The highest BCUT2D eigenvalue weighted by Gasteiger charge is 2.09. The first kappa shape index (κ1) is 13.9. The molecule has 0 amide bonds. The van der Waals surface area contributed by atoms with Crippen molar-refractivity contribution >= 4 is 18.4 Å². The number of halogens is 1. The zero-order chi connectivity index (χ0) is 14.5. The van der Waals surface area contributed by atoms with Crippen LogP contribution in [0, 0.1) is 5.82 Å². The van der Waals surface area contributed by atoms with Gasteiger partial charge < -0.3 is 0 Å². The second-order valence-electron chi connectivity index (χ2n) is 4.48. The number of hydrogen-bond acceptors (Lipinski definition) is 3. The molecule has 1 aromatic carbocycles. The number of aldehydes is 1. The van der Waals surface area contributed by atoms with Crippen LogP contribution in [0.5, 0.6) is 0 Å². The molecule has 0 aliphatic rings. The summed E-state index contributed by atoms with van der Waals surface area (Å²) in [6.07, 6.45) is 4.17. The minimum absolute atomic E-state index is 0.268. The summed E-state index contributed by atoms with van der Waals surface area (Å²) in [5.41, 5.74) is 2.60. The number of aromatic nitrogens is 3. The van der Waals surface area contributed by atoms with E-state index in [1.165, 1.54) is 12.1 Å². The smallest absolute Gasteiger partial charge is 0.172 e. The van der Waals surface area contributed by atoms with Crippen LogP contribution in [0.1, 0.15) is 28.7 Å². The average Bonchev–Trinajstić information content (AvgIpc) is 2.79. The number of carbonyl (C=O) groups is 1. The first-order valence-corrected chi connectivity index (χ1v) is 6.07. The van der Waals surface area contributed by atoms with E-state index in [1.807, 2.05) is 6.92 Å². The molecule has 1 aromatic heterocycles. The molecule has 0 saturated heterocycles.